The average molecular weight is 496 g/mol. The largest absolute Gasteiger partial charge is 0.311 e. The normalized spacial score (nSPS) is 13.1. The number of thioether (sulfide) groups is 1. The molecule has 0 saturated heterocycles. The van der Waals surface area contributed by atoms with Crippen LogP contribution in [0.2, 0.25) is 0 Å². The summed E-state index contributed by atoms with van der Waals surface area (Å²) < 4.78 is 3.54. The molecule has 3 aromatic carbocycles. The van der Waals surface area contributed by atoms with Crippen LogP contribution in [0.5, 0.6) is 0 Å². The third-order valence-corrected chi connectivity index (χ3v) is 7.62. The summed E-state index contributed by atoms with van der Waals surface area (Å²) in [6.45, 7) is 4.90. The number of para-hydroxylation sites is 3. The van der Waals surface area contributed by atoms with Crippen molar-refractivity contribution in [3.05, 3.63) is 94.3 Å². The van der Waals surface area contributed by atoms with Gasteiger partial charge in [-0.1, -0.05) is 74.1 Å². The highest BCUT2D eigenvalue weighted by atomic mass is 32.2. The molecule has 2 aromatic heterocycles. The van der Waals surface area contributed by atoms with E-state index in [1.165, 1.54) is 17.3 Å². The molecule has 180 valence electrons. The van der Waals surface area contributed by atoms with E-state index in [1.54, 1.807) is 4.57 Å². The van der Waals surface area contributed by atoms with Crippen molar-refractivity contribution < 1.29 is 4.79 Å². The van der Waals surface area contributed by atoms with Crippen LogP contribution in [0, 0.1) is 0 Å². The van der Waals surface area contributed by atoms with Gasteiger partial charge in [0.1, 0.15) is 0 Å². The van der Waals surface area contributed by atoms with E-state index in [0.717, 1.165) is 28.9 Å². The third kappa shape index (κ3) is 3.60. The van der Waals surface area contributed by atoms with Crippen LogP contribution >= 0.6 is 11.8 Å². The number of carbonyl (C=O) groups is 1. The highest BCUT2D eigenvalue weighted by Gasteiger charge is 2.25. The SMILES string of the molecule is CC(C)c1ccccc1-n1c(=O)c2ccccc2n2c(SCC(=O)N3CCc4ccccc43)nnc12. The molecular formula is C28H25N5O2S. The molecule has 0 bridgehead atoms. The average Bonchev–Trinajstić information content (AvgIpc) is 3.52. The maximum atomic E-state index is 13.7. The molecule has 5 aromatic rings. The maximum absolute atomic E-state index is 13.7. The zero-order valence-corrected chi connectivity index (χ0v) is 20.9. The van der Waals surface area contributed by atoms with Gasteiger partial charge in [-0.05, 0) is 47.7 Å². The fourth-order valence-corrected chi connectivity index (χ4v) is 5.79. The molecule has 1 amide bonds. The van der Waals surface area contributed by atoms with Crippen LogP contribution in [0.25, 0.3) is 22.4 Å². The molecule has 6 rings (SSSR count). The van der Waals surface area contributed by atoms with E-state index in [4.69, 9.17) is 0 Å². The van der Waals surface area contributed by atoms with Gasteiger partial charge in [0.15, 0.2) is 5.16 Å². The van der Waals surface area contributed by atoms with Crippen molar-refractivity contribution in [2.75, 3.05) is 17.2 Å². The number of amides is 1. The number of anilines is 1. The molecule has 0 fully saturated rings. The first kappa shape index (κ1) is 22.5. The lowest BCUT2D eigenvalue weighted by Crippen LogP contribution is -2.30. The molecule has 7 nitrogen and oxygen atoms in total. The van der Waals surface area contributed by atoms with Gasteiger partial charge in [-0.15, -0.1) is 10.2 Å². The van der Waals surface area contributed by atoms with Crippen molar-refractivity contribution in [1.82, 2.24) is 19.2 Å². The van der Waals surface area contributed by atoms with E-state index < -0.39 is 0 Å². The van der Waals surface area contributed by atoms with Gasteiger partial charge in [0, 0.05) is 12.2 Å². The summed E-state index contributed by atoms with van der Waals surface area (Å²) in [5.41, 5.74) is 4.61. The summed E-state index contributed by atoms with van der Waals surface area (Å²) >= 11 is 1.34. The fourth-order valence-electron chi connectivity index (χ4n) is 4.97. The third-order valence-electron chi connectivity index (χ3n) is 6.71. The lowest BCUT2D eigenvalue weighted by molar-refractivity contribution is -0.116. The Bertz CT molecular complexity index is 1690. The van der Waals surface area contributed by atoms with Crippen LogP contribution in [0.4, 0.5) is 5.69 Å². The van der Waals surface area contributed by atoms with Crippen molar-refractivity contribution in [3.8, 4) is 5.69 Å². The van der Waals surface area contributed by atoms with Crippen molar-refractivity contribution in [2.24, 2.45) is 0 Å². The Morgan fingerprint density at radius 2 is 1.67 bits per heavy atom. The van der Waals surface area contributed by atoms with Crippen LogP contribution in [0.15, 0.2) is 82.7 Å². The van der Waals surface area contributed by atoms with Gasteiger partial charge in [-0.3, -0.25) is 14.0 Å². The molecule has 36 heavy (non-hydrogen) atoms. The van der Waals surface area contributed by atoms with E-state index in [-0.39, 0.29) is 23.1 Å². The van der Waals surface area contributed by atoms with Crippen molar-refractivity contribution in [3.63, 3.8) is 0 Å². The summed E-state index contributed by atoms with van der Waals surface area (Å²) in [5, 5.41) is 10.0. The number of benzene rings is 3. The predicted octanol–water partition coefficient (Wildman–Crippen LogP) is 4.84. The van der Waals surface area contributed by atoms with E-state index in [9.17, 15) is 9.59 Å². The minimum Gasteiger partial charge on any atom is -0.311 e. The topological polar surface area (TPSA) is 72.5 Å². The fraction of sp³-hybridized carbons (Fsp3) is 0.214. The number of hydrogen-bond donors (Lipinski definition) is 0. The minimum atomic E-state index is -0.139. The zero-order valence-electron chi connectivity index (χ0n) is 20.1. The molecule has 0 atom stereocenters. The van der Waals surface area contributed by atoms with Crippen molar-refractivity contribution in [2.45, 2.75) is 31.3 Å². The van der Waals surface area contributed by atoms with Crippen molar-refractivity contribution in [1.29, 1.82) is 0 Å². The van der Waals surface area contributed by atoms with Gasteiger partial charge >= 0.3 is 0 Å². The van der Waals surface area contributed by atoms with Crippen LogP contribution in [0.1, 0.15) is 30.9 Å². The smallest absolute Gasteiger partial charge is 0.267 e. The number of nitrogens with zero attached hydrogens (tertiary/aromatic N) is 5. The molecule has 1 aliphatic rings. The van der Waals surface area contributed by atoms with Gasteiger partial charge in [0.25, 0.3) is 5.56 Å². The second-order valence-corrected chi connectivity index (χ2v) is 10.1. The summed E-state index contributed by atoms with van der Waals surface area (Å²) in [6, 6.07) is 23.4. The van der Waals surface area contributed by atoms with E-state index in [2.05, 4.69) is 30.1 Å². The Morgan fingerprint density at radius 1 is 0.944 bits per heavy atom. The molecule has 8 heteroatoms. The van der Waals surface area contributed by atoms with Crippen LogP contribution in [-0.2, 0) is 11.2 Å². The monoisotopic (exact) mass is 495 g/mol. The van der Waals surface area contributed by atoms with E-state index in [1.807, 2.05) is 76.0 Å². The van der Waals surface area contributed by atoms with Gasteiger partial charge in [-0.25, -0.2) is 4.57 Å². The highest BCUT2D eigenvalue weighted by Crippen LogP contribution is 2.30. The molecular weight excluding hydrogens is 470 g/mol. The van der Waals surface area contributed by atoms with Gasteiger partial charge < -0.3 is 4.90 Å². The minimum absolute atomic E-state index is 0.0319. The van der Waals surface area contributed by atoms with Crippen LogP contribution in [0.3, 0.4) is 0 Å². The van der Waals surface area contributed by atoms with E-state index in [0.29, 0.717) is 22.9 Å². The van der Waals surface area contributed by atoms with Crippen LogP contribution < -0.4 is 10.5 Å². The summed E-state index contributed by atoms with van der Waals surface area (Å²) in [4.78, 5) is 28.7. The molecule has 1 aliphatic heterocycles. The summed E-state index contributed by atoms with van der Waals surface area (Å²) in [6.07, 6.45) is 0.868. The standard InChI is InChI=1S/C28H25N5O2S/c1-18(2)20-10-4-7-13-23(20)32-26(35)21-11-5-8-14-24(21)33-27(32)29-30-28(33)36-17-25(34)31-16-15-19-9-3-6-12-22(19)31/h3-14,18H,15-17H2,1-2H3. The quantitative estimate of drug-likeness (QED) is 0.326. The van der Waals surface area contributed by atoms with Gasteiger partial charge in [0.05, 0.1) is 22.3 Å². The predicted molar refractivity (Wildman–Crippen MR) is 143 cm³/mol. The Kier molecular flexibility index (Phi) is 5.60. The second-order valence-electron chi connectivity index (χ2n) is 9.20. The first-order chi connectivity index (χ1) is 17.5. The first-order valence-corrected chi connectivity index (χ1v) is 13.0. The summed E-state index contributed by atoms with van der Waals surface area (Å²) in [5.74, 6) is 0.917. The van der Waals surface area contributed by atoms with Gasteiger partial charge in [0.2, 0.25) is 11.7 Å². The Balaban J connectivity index is 1.45. The van der Waals surface area contributed by atoms with E-state index >= 15 is 0 Å². The lowest BCUT2D eigenvalue weighted by atomic mass is 10.0. The zero-order chi connectivity index (χ0) is 24.8. The number of aromatic nitrogens is 4. The summed E-state index contributed by atoms with van der Waals surface area (Å²) in [7, 11) is 0. The van der Waals surface area contributed by atoms with Gasteiger partial charge in [-0.2, -0.15) is 0 Å². The molecule has 3 heterocycles. The first-order valence-electron chi connectivity index (χ1n) is 12.0. The lowest BCUT2D eigenvalue weighted by Gasteiger charge is -2.17. The maximum Gasteiger partial charge on any atom is 0.267 e. The molecule has 0 spiro atoms. The number of carbonyl (C=O) groups excluding carboxylic acids is 1. The van der Waals surface area contributed by atoms with Crippen molar-refractivity contribution >= 4 is 40.0 Å². The molecule has 0 unspecified atom stereocenters. The molecule has 0 saturated carbocycles. The molecule has 0 aliphatic carbocycles. The number of fused-ring (bicyclic) bond motifs is 4. The highest BCUT2D eigenvalue weighted by molar-refractivity contribution is 7.99. The Labute approximate surface area is 212 Å². The Morgan fingerprint density at radius 3 is 2.50 bits per heavy atom. The molecule has 0 N–H and O–H groups in total. The van der Waals surface area contributed by atoms with Crippen LogP contribution in [-0.4, -0.2) is 37.4 Å². The number of hydrogen-bond acceptors (Lipinski definition) is 5. The number of rotatable bonds is 5. The molecule has 0 radical (unpaired) electrons. The Hall–Kier alpha value is -3.91. The second kappa shape index (κ2) is 8.95.